The minimum absolute atomic E-state index is 0.0439. The van der Waals surface area contributed by atoms with Crippen LogP contribution in [0.2, 0.25) is 0 Å². The number of methoxy groups -OCH3 is 4. The summed E-state index contributed by atoms with van der Waals surface area (Å²) in [5, 5.41) is 3.38. The Morgan fingerprint density at radius 3 is 2.15 bits per heavy atom. The van der Waals surface area contributed by atoms with Crippen molar-refractivity contribution in [2.45, 2.75) is 51.6 Å². The number of halogens is 1. The van der Waals surface area contributed by atoms with Gasteiger partial charge in [-0.25, -0.2) is 4.79 Å². The van der Waals surface area contributed by atoms with E-state index in [0.29, 0.717) is 50.7 Å². The highest BCUT2D eigenvalue weighted by atomic mass is 79.9. The second-order valence-corrected chi connectivity index (χ2v) is 10.7. The van der Waals surface area contributed by atoms with E-state index in [4.69, 9.17) is 23.7 Å². The molecule has 39 heavy (non-hydrogen) atoms. The zero-order valence-corrected chi connectivity index (χ0v) is 24.9. The molecule has 2 aliphatic rings. The van der Waals surface area contributed by atoms with Crippen molar-refractivity contribution in [3.8, 4) is 23.0 Å². The molecular weight excluding hydrogens is 566 g/mol. The van der Waals surface area contributed by atoms with Gasteiger partial charge in [0.2, 0.25) is 0 Å². The second kappa shape index (κ2) is 11.7. The molecule has 0 radical (unpaired) electrons. The molecule has 1 N–H and O–H groups in total. The molecule has 0 saturated carbocycles. The van der Waals surface area contributed by atoms with Crippen LogP contribution in [-0.2, 0) is 14.3 Å². The average molecular weight is 601 g/mol. The summed E-state index contributed by atoms with van der Waals surface area (Å²) in [5.74, 6) is 1.03. The number of dihydropyridines is 1. The van der Waals surface area contributed by atoms with Crippen molar-refractivity contribution in [1.29, 1.82) is 0 Å². The molecule has 2 aromatic rings. The zero-order chi connectivity index (χ0) is 28.4. The van der Waals surface area contributed by atoms with Gasteiger partial charge in [0.1, 0.15) is 0 Å². The van der Waals surface area contributed by atoms with Crippen molar-refractivity contribution in [3.63, 3.8) is 0 Å². The van der Waals surface area contributed by atoms with Gasteiger partial charge in [0.15, 0.2) is 28.8 Å². The molecule has 208 valence electrons. The SMILES string of the molecule is COc1ccc(C2CC(=O)C3=C(C2)NC(C)=C(C(=O)OC(C)C)C3c2cc(OC)c(OC)cc2Br)cc1OC. The number of carbonyl (C=O) groups excluding carboxylic acids is 2. The van der Waals surface area contributed by atoms with Gasteiger partial charge in [-0.1, -0.05) is 22.0 Å². The Morgan fingerprint density at radius 1 is 0.923 bits per heavy atom. The fraction of sp³-hybridized carbons (Fsp3) is 0.400. The molecule has 1 aliphatic carbocycles. The Labute approximate surface area is 237 Å². The van der Waals surface area contributed by atoms with Crippen molar-refractivity contribution >= 4 is 27.7 Å². The smallest absolute Gasteiger partial charge is 0.337 e. The third kappa shape index (κ3) is 5.50. The molecule has 4 rings (SSSR count). The van der Waals surface area contributed by atoms with Crippen LogP contribution in [0.5, 0.6) is 23.0 Å². The van der Waals surface area contributed by atoms with Gasteiger partial charge in [0.05, 0.1) is 40.1 Å². The first-order valence-corrected chi connectivity index (χ1v) is 13.5. The first-order valence-electron chi connectivity index (χ1n) is 12.7. The summed E-state index contributed by atoms with van der Waals surface area (Å²) < 4.78 is 28.2. The maximum Gasteiger partial charge on any atom is 0.337 e. The van der Waals surface area contributed by atoms with Gasteiger partial charge in [-0.3, -0.25) is 4.79 Å². The number of carbonyl (C=O) groups is 2. The molecular formula is C30H34BrNO7. The Kier molecular flexibility index (Phi) is 8.59. The molecule has 0 fully saturated rings. The summed E-state index contributed by atoms with van der Waals surface area (Å²) in [5.41, 5.74) is 4.08. The van der Waals surface area contributed by atoms with E-state index in [1.807, 2.05) is 31.2 Å². The van der Waals surface area contributed by atoms with Crippen molar-refractivity contribution < 1.29 is 33.3 Å². The number of hydrogen-bond donors (Lipinski definition) is 1. The molecule has 0 saturated heterocycles. The van der Waals surface area contributed by atoms with E-state index in [1.54, 1.807) is 48.4 Å². The largest absolute Gasteiger partial charge is 0.493 e. The summed E-state index contributed by atoms with van der Waals surface area (Å²) in [6, 6.07) is 9.33. The lowest BCUT2D eigenvalue weighted by molar-refractivity contribution is -0.143. The topological polar surface area (TPSA) is 92.3 Å². The van der Waals surface area contributed by atoms with Gasteiger partial charge in [-0.05, 0) is 68.5 Å². The van der Waals surface area contributed by atoms with Crippen molar-refractivity contribution in [3.05, 3.63) is 68.5 Å². The summed E-state index contributed by atoms with van der Waals surface area (Å²) in [6.07, 6.45) is 0.546. The maximum atomic E-state index is 14.0. The van der Waals surface area contributed by atoms with Gasteiger partial charge >= 0.3 is 5.97 Å². The standard InChI is InChI=1S/C30H34BrNO7/c1-15(2)39-30(34)27-16(3)32-21-10-18(17-8-9-23(35-4)24(12-17)36-5)11-22(33)29(21)28(27)19-13-25(37-6)26(38-7)14-20(19)31/h8-9,12-15,18,28,32H,10-11H2,1-7H3. The predicted octanol–water partition coefficient (Wildman–Crippen LogP) is 5.80. The molecule has 2 unspecified atom stereocenters. The first-order chi connectivity index (χ1) is 18.6. The van der Waals surface area contributed by atoms with Crippen LogP contribution in [-0.4, -0.2) is 46.3 Å². The maximum absolute atomic E-state index is 14.0. The van der Waals surface area contributed by atoms with Crippen LogP contribution in [0.1, 0.15) is 56.6 Å². The summed E-state index contributed by atoms with van der Waals surface area (Å²) >= 11 is 3.66. The van der Waals surface area contributed by atoms with Crippen molar-refractivity contribution in [2.75, 3.05) is 28.4 Å². The molecule has 8 nitrogen and oxygen atoms in total. The Morgan fingerprint density at radius 2 is 1.54 bits per heavy atom. The van der Waals surface area contributed by atoms with E-state index in [0.717, 1.165) is 16.8 Å². The molecule has 1 aliphatic heterocycles. The molecule has 0 amide bonds. The summed E-state index contributed by atoms with van der Waals surface area (Å²) in [7, 11) is 6.30. The number of ether oxygens (including phenoxy) is 5. The number of allylic oxidation sites excluding steroid dienone is 3. The fourth-order valence-corrected chi connectivity index (χ4v) is 5.88. The van der Waals surface area contributed by atoms with Gasteiger partial charge < -0.3 is 29.0 Å². The second-order valence-electron chi connectivity index (χ2n) is 9.81. The van der Waals surface area contributed by atoms with Crippen LogP contribution in [0.25, 0.3) is 0 Å². The first kappa shape index (κ1) is 28.5. The molecule has 0 aromatic heterocycles. The van der Waals surface area contributed by atoms with Gasteiger partial charge in [0.25, 0.3) is 0 Å². The van der Waals surface area contributed by atoms with Crippen LogP contribution in [0.4, 0.5) is 0 Å². The number of ketones is 1. The highest BCUT2D eigenvalue weighted by Crippen LogP contribution is 2.49. The third-order valence-corrected chi connectivity index (χ3v) is 7.77. The van der Waals surface area contributed by atoms with Crippen molar-refractivity contribution in [2.24, 2.45) is 0 Å². The molecule has 0 bridgehead atoms. The minimum Gasteiger partial charge on any atom is -0.493 e. The van der Waals surface area contributed by atoms with E-state index < -0.39 is 11.9 Å². The molecule has 0 spiro atoms. The lowest BCUT2D eigenvalue weighted by atomic mass is 9.71. The Bertz CT molecular complexity index is 1360. The predicted molar refractivity (Wildman–Crippen MR) is 151 cm³/mol. The van der Waals surface area contributed by atoms with Crippen LogP contribution < -0.4 is 24.3 Å². The van der Waals surface area contributed by atoms with Gasteiger partial charge in [0, 0.05) is 33.8 Å². The van der Waals surface area contributed by atoms with Gasteiger partial charge in [-0.2, -0.15) is 0 Å². The van der Waals surface area contributed by atoms with E-state index in [9.17, 15) is 9.59 Å². The zero-order valence-electron chi connectivity index (χ0n) is 23.3. The Hall–Kier alpha value is -3.46. The number of Topliss-reactive ketones (excluding diaryl/α,β-unsaturated/α-hetero) is 1. The normalized spacial score (nSPS) is 18.9. The number of nitrogens with one attached hydrogen (secondary N) is 1. The van der Waals surface area contributed by atoms with E-state index >= 15 is 0 Å². The number of hydrogen-bond acceptors (Lipinski definition) is 8. The lowest BCUT2D eigenvalue weighted by Crippen LogP contribution is -2.36. The van der Waals surface area contributed by atoms with Crippen LogP contribution in [0.15, 0.2) is 57.3 Å². The fourth-order valence-electron chi connectivity index (χ4n) is 5.33. The molecule has 2 aromatic carbocycles. The summed E-state index contributed by atoms with van der Waals surface area (Å²) in [6.45, 7) is 5.44. The van der Waals surface area contributed by atoms with E-state index in [2.05, 4.69) is 21.2 Å². The lowest BCUT2D eigenvalue weighted by Gasteiger charge is -2.37. The van der Waals surface area contributed by atoms with Crippen LogP contribution >= 0.6 is 15.9 Å². The Balaban J connectivity index is 1.85. The van der Waals surface area contributed by atoms with E-state index in [1.165, 1.54) is 0 Å². The van der Waals surface area contributed by atoms with Crippen LogP contribution in [0, 0.1) is 0 Å². The van der Waals surface area contributed by atoms with E-state index in [-0.39, 0.29) is 24.2 Å². The molecule has 2 atom stereocenters. The number of esters is 1. The van der Waals surface area contributed by atoms with Crippen molar-refractivity contribution in [1.82, 2.24) is 5.32 Å². The quantitative estimate of drug-likeness (QED) is 0.381. The highest BCUT2D eigenvalue weighted by Gasteiger charge is 2.42. The molecule has 9 heteroatoms. The highest BCUT2D eigenvalue weighted by molar-refractivity contribution is 9.10. The minimum atomic E-state index is -0.652. The monoisotopic (exact) mass is 599 g/mol. The van der Waals surface area contributed by atoms with Crippen LogP contribution in [0.3, 0.4) is 0 Å². The molecule has 1 heterocycles. The summed E-state index contributed by atoms with van der Waals surface area (Å²) in [4.78, 5) is 27.4. The average Bonchev–Trinajstić information content (AvgIpc) is 2.91. The number of rotatable bonds is 8. The number of benzene rings is 2. The third-order valence-electron chi connectivity index (χ3n) is 7.08. The van der Waals surface area contributed by atoms with Gasteiger partial charge in [-0.15, -0.1) is 0 Å².